The summed E-state index contributed by atoms with van der Waals surface area (Å²) < 4.78 is 0. The Kier molecular flexibility index (Phi) is 14.9. The van der Waals surface area contributed by atoms with E-state index in [-0.39, 0.29) is 0 Å². The van der Waals surface area contributed by atoms with Crippen LogP contribution in [0.3, 0.4) is 0 Å². The third kappa shape index (κ3) is 10.1. The fraction of sp³-hybridized carbons (Fsp3) is 0.706. The average Bonchev–Trinajstić information content (AvgIpc) is 2.95. The number of unbranched alkanes of at least 4 members (excludes halogenated alkanes) is 18. The summed E-state index contributed by atoms with van der Waals surface area (Å²) in [5.74, 6) is -1.04. The van der Waals surface area contributed by atoms with Gasteiger partial charge in [-0.1, -0.05) is 129 Å². The molecule has 0 aromatic heterocycles. The van der Waals surface area contributed by atoms with E-state index in [0.29, 0.717) is 45.8 Å². The summed E-state index contributed by atoms with van der Waals surface area (Å²) in [6, 6.07) is -1.43. The zero-order valence-corrected chi connectivity index (χ0v) is 26.1. The van der Waals surface area contributed by atoms with Crippen molar-refractivity contribution in [3.05, 3.63) is 33.0 Å². The predicted octanol–water partition coefficient (Wildman–Crippen LogP) is 7.58. The van der Waals surface area contributed by atoms with Crippen LogP contribution in [0.2, 0.25) is 0 Å². The Hall–Kier alpha value is -2.90. The first-order chi connectivity index (χ1) is 20.5. The summed E-state index contributed by atoms with van der Waals surface area (Å²) in [5.41, 5.74) is 1.72. The molecule has 0 bridgehead atoms. The van der Waals surface area contributed by atoms with Gasteiger partial charge in [-0.2, -0.15) is 9.98 Å². The second-order valence-corrected chi connectivity index (χ2v) is 12.0. The Balaban J connectivity index is 1.70. The molecule has 3 rings (SSSR count). The van der Waals surface area contributed by atoms with Crippen LogP contribution in [0, 0.1) is 0 Å². The van der Waals surface area contributed by atoms with Crippen LogP contribution >= 0.6 is 0 Å². The van der Waals surface area contributed by atoms with Gasteiger partial charge in [0, 0.05) is 0 Å². The minimum absolute atomic E-state index is 0.292. The first-order valence-electron chi connectivity index (χ1n) is 16.8. The summed E-state index contributed by atoms with van der Waals surface area (Å²) in [4.78, 5) is 59.3. The number of nitrogens with one attached hydrogen (secondary N) is 2. The maximum absolute atomic E-state index is 13.1. The van der Waals surface area contributed by atoms with Gasteiger partial charge in [0.2, 0.25) is 0 Å². The topological polar surface area (TPSA) is 117 Å². The lowest BCUT2D eigenvalue weighted by Crippen LogP contribution is -2.48. The Morgan fingerprint density at radius 1 is 0.429 bits per heavy atom. The van der Waals surface area contributed by atoms with Gasteiger partial charge >= 0.3 is 12.1 Å². The molecule has 0 saturated carbocycles. The fourth-order valence-electron chi connectivity index (χ4n) is 6.20. The molecule has 1 aromatic rings. The lowest BCUT2D eigenvalue weighted by molar-refractivity contribution is 0.0942. The maximum atomic E-state index is 13.1. The van der Waals surface area contributed by atoms with E-state index >= 15 is 0 Å². The summed E-state index contributed by atoms with van der Waals surface area (Å²) in [6.45, 7) is 4.46. The van der Waals surface area contributed by atoms with Crippen LogP contribution in [0.1, 0.15) is 174 Å². The van der Waals surface area contributed by atoms with E-state index in [9.17, 15) is 19.2 Å². The first kappa shape index (κ1) is 33.6. The molecule has 0 aliphatic carbocycles. The predicted molar refractivity (Wildman–Crippen MR) is 166 cm³/mol. The molecular formula is C34H52N4O4. The largest absolute Gasteiger partial charge is 0.348 e. The molecule has 6 amide bonds. The molecule has 42 heavy (non-hydrogen) atoms. The fourth-order valence-corrected chi connectivity index (χ4v) is 6.20. The van der Waals surface area contributed by atoms with Crippen molar-refractivity contribution in [2.75, 3.05) is 0 Å². The zero-order chi connectivity index (χ0) is 30.2. The second kappa shape index (κ2) is 18.6. The number of urea groups is 2. The Labute approximate surface area is 251 Å². The van der Waals surface area contributed by atoms with Crippen LogP contribution < -0.4 is 21.3 Å². The van der Waals surface area contributed by atoms with Crippen LogP contribution in [-0.2, 0) is 12.8 Å². The second-order valence-electron chi connectivity index (χ2n) is 12.0. The van der Waals surface area contributed by atoms with Crippen molar-refractivity contribution in [2.45, 2.75) is 155 Å². The van der Waals surface area contributed by atoms with Crippen molar-refractivity contribution in [1.82, 2.24) is 10.6 Å². The van der Waals surface area contributed by atoms with E-state index < -0.39 is 23.9 Å². The van der Waals surface area contributed by atoms with Crippen molar-refractivity contribution < 1.29 is 19.2 Å². The number of hydrogen-bond donors (Lipinski definition) is 2. The molecule has 0 radical (unpaired) electrons. The Morgan fingerprint density at radius 3 is 1.02 bits per heavy atom. The first-order valence-corrected chi connectivity index (χ1v) is 16.8. The molecule has 8 nitrogen and oxygen atoms in total. The smallest absolute Gasteiger partial charge is 0.272 e. The molecule has 0 saturated heterocycles. The summed E-state index contributed by atoms with van der Waals surface area (Å²) in [6.07, 6.45) is 24.5. The number of hydrogen-bond acceptors (Lipinski definition) is 4. The van der Waals surface area contributed by atoms with Gasteiger partial charge in [0.25, 0.3) is 11.8 Å². The number of imide groups is 2. The molecule has 0 spiro atoms. The highest BCUT2D eigenvalue weighted by atomic mass is 16.2. The molecule has 1 aromatic carbocycles. The SMILES string of the molecule is CCCCCCCCCCCCc1c2c(c(CCCCCCCCCCCC)c3c1=NC(=O)NC3=O)=NC(=O)NC2=O. The van der Waals surface area contributed by atoms with Crippen molar-refractivity contribution in [2.24, 2.45) is 9.98 Å². The van der Waals surface area contributed by atoms with Crippen LogP contribution in [0.5, 0.6) is 0 Å². The van der Waals surface area contributed by atoms with E-state index in [4.69, 9.17) is 0 Å². The van der Waals surface area contributed by atoms with Crippen molar-refractivity contribution in [3.8, 4) is 0 Å². The molecule has 2 aliphatic heterocycles. The summed E-state index contributed by atoms with van der Waals surface area (Å²) in [5, 5.41) is 5.20. The standard InChI is InChI=1S/C34H52N4O4/c1-3-5-7-9-11-13-15-17-19-21-23-25-27-30(36-34(42)37-31(27)39)26(28-29(25)35-33(41)38-32(28)40)24-22-20-18-16-14-12-10-8-6-4-2/h3-24H2,1-2H3,(H,37,39,42)(H,38,40,41). The van der Waals surface area contributed by atoms with Gasteiger partial charge in [0.15, 0.2) is 0 Å². The maximum Gasteiger partial charge on any atom is 0.348 e. The molecular weight excluding hydrogens is 528 g/mol. The van der Waals surface area contributed by atoms with E-state index in [0.717, 1.165) is 38.5 Å². The van der Waals surface area contributed by atoms with Gasteiger partial charge in [0.1, 0.15) is 0 Å². The third-order valence-electron chi connectivity index (χ3n) is 8.53. The summed E-state index contributed by atoms with van der Waals surface area (Å²) in [7, 11) is 0. The van der Waals surface area contributed by atoms with E-state index in [1.807, 2.05) is 0 Å². The lowest BCUT2D eigenvalue weighted by atomic mass is 9.88. The quantitative estimate of drug-likeness (QED) is 0.137. The monoisotopic (exact) mass is 580 g/mol. The third-order valence-corrected chi connectivity index (χ3v) is 8.53. The highest BCUT2D eigenvalue weighted by molar-refractivity contribution is 6.11. The van der Waals surface area contributed by atoms with Crippen molar-refractivity contribution >= 4 is 23.9 Å². The Morgan fingerprint density at radius 2 is 0.714 bits per heavy atom. The van der Waals surface area contributed by atoms with Crippen LogP contribution in [0.25, 0.3) is 0 Å². The van der Waals surface area contributed by atoms with Gasteiger partial charge in [-0.05, 0) is 36.8 Å². The number of amides is 6. The van der Waals surface area contributed by atoms with Gasteiger partial charge in [-0.15, -0.1) is 0 Å². The van der Waals surface area contributed by atoms with E-state index in [1.165, 1.54) is 89.9 Å². The van der Waals surface area contributed by atoms with Crippen LogP contribution in [0.15, 0.2) is 9.98 Å². The van der Waals surface area contributed by atoms with Gasteiger partial charge in [0.05, 0.1) is 21.8 Å². The molecule has 232 valence electrons. The number of fused-ring (bicyclic) bond motifs is 2. The molecule has 2 aliphatic rings. The zero-order valence-electron chi connectivity index (χ0n) is 26.1. The number of rotatable bonds is 22. The van der Waals surface area contributed by atoms with E-state index in [2.05, 4.69) is 34.5 Å². The molecule has 0 fully saturated rings. The van der Waals surface area contributed by atoms with E-state index in [1.54, 1.807) is 0 Å². The van der Waals surface area contributed by atoms with Crippen LogP contribution in [-0.4, -0.2) is 23.9 Å². The molecule has 2 heterocycles. The van der Waals surface area contributed by atoms with Gasteiger partial charge in [-0.25, -0.2) is 9.59 Å². The minimum Gasteiger partial charge on any atom is -0.272 e. The number of benzene rings is 1. The normalized spacial score (nSPS) is 14.1. The lowest BCUT2D eigenvalue weighted by Gasteiger charge is -2.21. The van der Waals surface area contributed by atoms with Gasteiger partial charge in [-0.3, -0.25) is 20.2 Å². The average molecular weight is 581 g/mol. The highest BCUT2D eigenvalue weighted by Crippen LogP contribution is 2.19. The molecule has 0 atom stereocenters. The summed E-state index contributed by atoms with van der Waals surface area (Å²) >= 11 is 0. The van der Waals surface area contributed by atoms with Crippen LogP contribution in [0.4, 0.5) is 9.59 Å². The minimum atomic E-state index is -0.717. The highest BCUT2D eigenvalue weighted by Gasteiger charge is 2.32. The number of carbonyl (C=O) groups is 4. The number of carbonyl (C=O) groups excluding carboxylic acids is 4. The van der Waals surface area contributed by atoms with Crippen molar-refractivity contribution in [1.29, 1.82) is 0 Å². The van der Waals surface area contributed by atoms with Gasteiger partial charge < -0.3 is 0 Å². The number of nitrogens with zero attached hydrogens (tertiary/aromatic N) is 2. The molecule has 0 unspecified atom stereocenters. The molecule has 8 heteroatoms. The molecule has 2 N–H and O–H groups in total. The van der Waals surface area contributed by atoms with Crippen molar-refractivity contribution in [3.63, 3.8) is 0 Å². The Bertz CT molecular complexity index is 1110.